The highest BCUT2D eigenvalue weighted by molar-refractivity contribution is 7.86. The summed E-state index contributed by atoms with van der Waals surface area (Å²) >= 11 is 21.9. The van der Waals surface area contributed by atoms with Crippen LogP contribution >= 0.6 is 46.4 Å². The predicted octanol–water partition coefficient (Wildman–Crippen LogP) is 2.79. The lowest BCUT2D eigenvalue weighted by molar-refractivity contribution is 0.478. The average Bonchev–Trinajstić information content (AvgIpc) is 2.10. The zero-order chi connectivity index (χ0) is 14.5. The van der Waals surface area contributed by atoms with Gasteiger partial charge >= 0.3 is 0 Å². The standard InChI is InChI=1S/C6H2Cl4O6S2/c7-1-2(8)6(18(14,15)16)4(10)3(9)5(1)17(11,12)13/h(H,11,12,13)(H,14,15,16). The Hall–Kier alpha value is 0.200. The molecule has 12 heteroatoms. The van der Waals surface area contributed by atoms with E-state index in [1.807, 2.05) is 0 Å². The summed E-state index contributed by atoms with van der Waals surface area (Å²) in [6, 6.07) is 0. The van der Waals surface area contributed by atoms with E-state index in [2.05, 4.69) is 0 Å². The van der Waals surface area contributed by atoms with Gasteiger partial charge in [-0.05, 0) is 0 Å². The van der Waals surface area contributed by atoms with Crippen molar-refractivity contribution in [2.45, 2.75) is 9.79 Å². The van der Waals surface area contributed by atoms with Crippen LogP contribution < -0.4 is 0 Å². The molecule has 0 fully saturated rings. The van der Waals surface area contributed by atoms with Gasteiger partial charge in [0.1, 0.15) is 9.79 Å². The monoisotopic (exact) mass is 374 g/mol. The van der Waals surface area contributed by atoms with E-state index in [1.165, 1.54) is 0 Å². The molecule has 0 bridgehead atoms. The molecule has 0 atom stereocenters. The summed E-state index contributed by atoms with van der Waals surface area (Å²) in [5.74, 6) is 0. The highest BCUT2D eigenvalue weighted by Gasteiger charge is 2.32. The summed E-state index contributed by atoms with van der Waals surface area (Å²) in [5, 5.41) is -3.50. The largest absolute Gasteiger partial charge is 0.297 e. The van der Waals surface area contributed by atoms with Crippen LogP contribution in [-0.4, -0.2) is 25.9 Å². The van der Waals surface area contributed by atoms with Gasteiger partial charge in [0.15, 0.2) is 0 Å². The molecule has 0 aliphatic heterocycles. The quantitative estimate of drug-likeness (QED) is 0.607. The maximum absolute atomic E-state index is 11.0. The van der Waals surface area contributed by atoms with Gasteiger partial charge in [-0.2, -0.15) is 16.8 Å². The Labute approximate surface area is 122 Å². The van der Waals surface area contributed by atoms with Crippen molar-refractivity contribution in [3.63, 3.8) is 0 Å². The van der Waals surface area contributed by atoms with Crippen LogP contribution in [-0.2, 0) is 20.2 Å². The summed E-state index contributed by atoms with van der Waals surface area (Å²) in [7, 11) is -9.76. The van der Waals surface area contributed by atoms with E-state index in [0.29, 0.717) is 0 Å². The number of benzene rings is 1. The van der Waals surface area contributed by atoms with E-state index in [-0.39, 0.29) is 0 Å². The maximum Gasteiger partial charge on any atom is 0.297 e. The zero-order valence-corrected chi connectivity index (χ0v) is 12.5. The van der Waals surface area contributed by atoms with Gasteiger partial charge in [0.25, 0.3) is 20.2 Å². The van der Waals surface area contributed by atoms with Crippen molar-refractivity contribution >= 4 is 66.6 Å². The Morgan fingerprint density at radius 3 is 0.889 bits per heavy atom. The first-order valence-electron chi connectivity index (χ1n) is 3.70. The van der Waals surface area contributed by atoms with E-state index < -0.39 is 50.1 Å². The first-order chi connectivity index (χ1) is 7.89. The van der Waals surface area contributed by atoms with Crippen LogP contribution in [0.3, 0.4) is 0 Å². The molecule has 18 heavy (non-hydrogen) atoms. The number of halogens is 4. The molecular weight excluding hydrogens is 374 g/mol. The van der Waals surface area contributed by atoms with Crippen molar-refractivity contribution in [1.29, 1.82) is 0 Å². The topological polar surface area (TPSA) is 109 Å². The van der Waals surface area contributed by atoms with Gasteiger partial charge in [-0.1, -0.05) is 46.4 Å². The van der Waals surface area contributed by atoms with Crippen LogP contribution in [0.15, 0.2) is 9.79 Å². The molecule has 0 saturated carbocycles. The Morgan fingerprint density at radius 1 is 0.611 bits per heavy atom. The highest BCUT2D eigenvalue weighted by atomic mass is 35.5. The van der Waals surface area contributed by atoms with Crippen LogP contribution in [0.1, 0.15) is 0 Å². The molecule has 0 spiro atoms. The zero-order valence-electron chi connectivity index (χ0n) is 7.86. The van der Waals surface area contributed by atoms with E-state index >= 15 is 0 Å². The molecule has 0 amide bonds. The van der Waals surface area contributed by atoms with E-state index in [0.717, 1.165) is 0 Å². The fourth-order valence-corrected chi connectivity index (χ4v) is 4.61. The molecule has 102 valence electrons. The molecule has 1 aromatic rings. The molecule has 0 radical (unpaired) electrons. The van der Waals surface area contributed by atoms with Gasteiger partial charge in [-0.3, -0.25) is 9.11 Å². The van der Waals surface area contributed by atoms with Crippen molar-refractivity contribution in [2.75, 3.05) is 0 Å². The van der Waals surface area contributed by atoms with Crippen molar-refractivity contribution in [3.05, 3.63) is 20.1 Å². The van der Waals surface area contributed by atoms with E-state index in [1.54, 1.807) is 0 Å². The van der Waals surface area contributed by atoms with Crippen molar-refractivity contribution < 1.29 is 25.9 Å². The number of hydrogen-bond acceptors (Lipinski definition) is 4. The van der Waals surface area contributed by atoms with Crippen LogP contribution in [0.4, 0.5) is 0 Å². The molecule has 0 heterocycles. The minimum atomic E-state index is -4.88. The minimum absolute atomic E-state index is 0.874. The molecule has 0 saturated heterocycles. The first-order valence-corrected chi connectivity index (χ1v) is 8.09. The number of hydrogen-bond donors (Lipinski definition) is 2. The van der Waals surface area contributed by atoms with Gasteiger partial charge in [0.05, 0.1) is 20.1 Å². The second-order valence-corrected chi connectivity index (χ2v) is 7.09. The third-order valence-electron chi connectivity index (χ3n) is 1.70. The Balaban J connectivity index is 4.03. The molecule has 6 nitrogen and oxygen atoms in total. The Bertz CT molecular complexity index is 631. The summed E-state index contributed by atoms with van der Waals surface area (Å²) in [4.78, 5) is -2.10. The molecule has 1 rings (SSSR count). The van der Waals surface area contributed by atoms with Gasteiger partial charge in [0.2, 0.25) is 0 Å². The second-order valence-electron chi connectivity index (χ2n) is 2.86. The van der Waals surface area contributed by atoms with Crippen molar-refractivity contribution in [3.8, 4) is 0 Å². The van der Waals surface area contributed by atoms with Crippen LogP contribution in [0.25, 0.3) is 0 Å². The smallest absolute Gasteiger partial charge is 0.282 e. The third-order valence-corrected chi connectivity index (χ3v) is 5.70. The van der Waals surface area contributed by atoms with Crippen molar-refractivity contribution in [1.82, 2.24) is 0 Å². The lowest BCUT2D eigenvalue weighted by atomic mass is 10.3. The first kappa shape index (κ1) is 16.3. The fourth-order valence-electron chi connectivity index (χ4n) is 1.04. The summed E-state index contributed by atoms with van der Waals surface area (Å²) in [6.07, 6.45) is 0. The molecular formula is C6H2Cl4O6S2. The summed E-state index contributed by atoms with van der Waals surface area (Å²) in [6.45, 7) is 0. The van der Waals surface area contributed by atoms with Gasteiger partial charge in [-0.25, -0.2) is 0 Å². The molecule has 0 unspecified atom stereocenters. The lowest BCUT2D eigenvalue weighted by Gasteiger charge is -2.11. The predicted molar refractivity (Wildman–Crippen MR) is 66.1 cm³/mol. The van der Waals surface area contributed by atoms with Crippen LogP contribution in [0.5, 0.6) is 0 Å². The average molecular weight is 376 g/mol. The third kappa shape index (κ3) is 2.86. The van der Waals surface area contributed by atoms with Gasteiger partial charge < -0.3 is 0 Å². The van der Waals surface area contributed by atoms with Crippen molar-refractivity contribution in [2.24, 2.45) is 0 Å². The fraction of sp³-hybridized carbons (Fsp3) is 0. The molecule has 0 aliphatic carbocycles. The number of rotatable bonds is 2. The van der Waals surface area contributed by atoms with Gasteiger partial charge in [-0.15, -0.1) is 0 Å². The SMILES string of the molecule is O=S(=O)(O)c1c(Cl)c(Cl)c(S(=O)(=O)O)c(Cl)c1Cl. The normalized spacial score (nSPS) is 12.8. The molecule has 2 N–H and O–H groups in total. The summed E-state index contributed by atoms with van der Waals surface area (Å²) < 4.78 is 61.7. The van der Waals surface area contributed by atoms with Gasteiger partial charge in [0, 0.05) is 0 Å². The summed E-state index contributed by atoms with van der Waals surface area (Å²) in [5.41, 5.74) is 0. The lowest BCUT2D eigenvalue weighted by Crippen LogP contribution is -2.07. The van der Waals surface area contributed by atoms with Crippen LogP contribution in [0, 0.1) is 0 Å². The van der Waals surface area contributed by atoms with E-state index in [9.17, 15) is 16.8 Å². The molecule has 0 aliphatic rings. The second kappa shape index (κ2) is 4.95. The minimum Gasteiger partial charge on any atom is -0.282 e. The van der Waals surface area contributed by atoms with E-state index in [4.69, 9.17) is 55.5 Å². The highest BCUT2D eigenvalue weighted by Crippen LogP contribution is 2.45. The van der Waals surface area contributed by atoms with Crippen LogP contribution in [0.2, 0.25) is 20.1 Å². The molecule has 0 aromatic heterocycles. The Kier molecular flexibility index (Phi) is 4.47. The maximum atomic E-state index is 11.0. The molecule has 1 aromatic carbocycles. The Morgan fingerprint density at radius 2 is 0.778 bits per heavy atom.